The summed E-state index contributed by atoms with van der Waals surface area (Å²) >= 11 is 6.03. The number of ether oxygens (including phenoxy) is 1. The second-order valence-electron chi connectivity index (χ2n) is 4.05. The molecule has 1 aliphatic rings. The fourth-order valence-electron chi connectivity index (χ4n) is 1.93. The van der Waals surface area contributed by atoms with Crippen LogP contribution in [0, 0.1) is 5.82 Å². The average molecular weight is 259 g/mol. The van der Waals surface area contributed by atoms with Crippen molar-refractivity contribution in [2.24, 2.45) is 0 Å². The Balaban J connectivity index is 2.53. The number of carboxylic acid groups (broad SMARTS) is 1. The van der Waals surface area contributed by atoms with Gasteiger partial charge in [-0.3, -0.25) is 4.79 Å². The first kappa shape index (κ1) is 12.2. The molecule has 92 valence electrons. The number of hydrogen-bond donors (Lipinski definition) is 1. The largest absolute Gasteiger partial charge is 0.492 e. The third kappa shape index (κ3) is 1.86. The molecule has 3 nitrogen and oxygen atoms in total. The van der Waals surface area contributed by atoms with Crippen LogP contribution >= 0.6 is 11.6 Å². The molecule has 0 radical (unpaired) electrons. The molecule has 1 aromatic carbocycles. The fraction of sp³-hybridized carbons (Fsp3) is 0.417. The van der Waals surface area contributed by atoms with E-state index < -0.39 is 17.2 Å². The van der Waals surface area contributed by atoms with Gasteiger partial charge in [0, 0.05) is 5.56 Å². The first-order valence-electron chi connectivity index (χ1n) is 5.37. The van der Waals surface area contributed by atoms with E-state index >= 15 is 0 Å². The second kappa shape index (κ2) is 4.18. The van der Waals surface area contributed by atoms with E-state index in [0.717, 1.165) is 0 Å². The zero-order chi connectivity index (χ0) is 12.6. The summed E-state index contributed by atoms with van der Waals surface area (Å²) in [6, 6.07) is 2.62. The number of carbonyl (C=O) groups is 1. The van der Waals surface area contributed by atoms with Gasteiger partial charge in [0.2, 0.25) is 0 Å². The highest BCUT2D eigenvalue weighted by Crippen LogP contribution is 2.53. The van der Waals surface area contributed by atoms with Crippen LogP contribution in [0.15, 0.2) is 12.1 Å². The van der Waals surface area contributed by atoms with Crippen LogP contribution in [-0.4, -0.2) is 17.7 Å². The molecule has 0 unspecified atom stereocenters. The summed E-state index contributed by atoms with van der Waals surface area (Å²) in [6.07, 6.45) is 0.823. The van der Waals surface area contributed by atoms with Gasteiger partial charge in [0.25, 0.3) is 0 Å². The molecule has 0 heterocycles. The van der Waals surface area contributed by atoms with Crippen molar-refractivity contribution < 1.29 is 19.0 Å². The SMILES string of the molecule is CCOc1ccc(F)c(C2(C(=O)O)CC2)c1Cl. The maximum Gasteiger partial charge on any atom is 0.314 e. The molecule has 0 atom stereocenters. The summed E-state index contributed by atoms with van der Waals surface area (Å²) in [7, 11) is 0. The lowest BCUT2D eigenvalue weighted by molar-refractivity contribution is -0.140. The van der Waals surface area contributed by atoms with Crippen LogP contribution in [-0.2, 0) is 10.2 Å². The summed E-state index contributed by atoms with van der Waals surface area (Å²) in [5.41, 5.74) is -1.11. The molecule has 0 spiro atoms. The number of benzene rings is 1. The summed E-state index contributed by atoms with van der Waals surface area (Å²) in [6.45, 7) is 2.17. The van der Waals surface area contributed by atoms with Gasteiger partial charge in [0.1, 0.15) is 11.6 Å². The summed E-state index contributed by atoms with van der Waals surface area (Å²) in [5, 5.41) is 9.24. The predicted molar refractivity (Wildman–Crippen MR) is 61.1 cm³/mol. The third-order valence-corrected chi connectivity index (χ3v) is 3.37. The van der Waals surface area contributed by atoms with Crippen LogP contribution in [0.2, 0.25) is 5.02 Å². The average Bonchev–Trinajstić information content (AvgIpc) is 3.04. The third-order valence-electron chi connectivity index (χ3n) is 2.99. The number of halogens is 2. The molecule has 0 aliphatic heterocycles. The molecule has 0 aromatic heterocycles. The van der Waals surface area contributed by atoms with E-state index in [1.54, 1.807) is 6.92 Å². The van der Waals surface area contributed by atoms with Gasteiger partial charge in [-0.25, -0.2) is 4.39 Å². The summed E-state index contributed by atoms with van der Waals surface area (Å²) in [5.74, 6) is -1.29. The first-order chi connectivity index (χ1) is 8.03. The van der Waals surface area contributed by atoms with E-state index in [4.69, 9.17) is 21.4 Å². The van der Waals surface area contributed by atoms with Gasteiger partial charge in [0.05, 0.1) is 17.0 Å². The van der Waals surface area contributed by atoms with E-state index in [-0.39, 0.29) is 10.6 Å². The van der Waals surface area contributed by atoms with Crippen LogP contribution in [0.3, 0.4) is 0 Å². The van der Waals surface area contributed by atoms with E-state index in [9.17, 15) is 9.18 Å². The van der Waals surface area contributed by atoms with Crippen LogP contribution in [0.25, 0.3) is 0 Å². The fourth-order valence-corrected chi connectivity index (χ4v) is 2.32. The molecule has 17 heavy (non-hydrogen) atoms. The molecule has 1 aromatic rings. The van der Waals surface area contributed by atoms with Gasteiger partial charge in [-0.1, -0.05) is 11.6 Å². The molecule has 5 heteroatoms. The van der Waals surface area contributed by atoms with Crippen molar-refractivity contribution >= 4 is 17.6 Å². The molecule has 2 rings (SSSR count). The number of rotatable bonds is 4. The van der Waals surface area contributed by atoms with Gasteiger partial charge < -0.3 is 9.84 Å². The van der Waals surface area contributed by atoms with Crippen LogP contribution in [0.1, 0.15) is 25.3 Å². The molecular weight excluding hydrogens is 247 g/mol. The minimum atomic E-state index is -1.16. The molecule has 1 aliphatic carbocycles. The lowest BCUT2D eigenvalue weighted by Gasteiger charge is -2.16. The van der Waals surface area contributed by atoms with Gasteiger partial charge in [-0.05, 0) is 31.9 Å². The Morgan fingerprint density at radius 1 is 1.59 bits per heavy atom. The Bertz CT molecular complexity index is 469. The van der Waals surface area contributed by atoms with Crippen molar-refractivity contribution in [3.8, 4) is 5.75 Å². The molecule has 1 fully saturated rings. The van der Waals surface area contributed by atoms with Crippen molar-refractivity contribution in [1.29, 1.82) is 0 Å². The van der Waals surface area contributed by atoms with Crippen molar-refractivity contribution in [2.75, 3.05) is 6.61 Å². The maximum absolute atomic E-state index is 13.8. The Hall–Kier alpha value is -1.29. The van der Waals surface area contributed by atoms with Crippen molar-refractivity contribution in [2.45, 2.75) is 25.2 Å². The summed E-state index contributed by atoms with van der Waals surface area (Å²) < 4.78 is 19.0. The quantitative estimate of drug-likeness (QED) is 0.903. The van der Waals surface area contributed by atoms with Crippen molar-refractivity contribution in [1.82, 2.24) is 0 Å². The second-order valence-corrected chi connectivity index (χ2v) is 4.43. The van der Waals surface area contributed by atoms with Crippen molar-refractivity contribution in [3.63, 3.8) is 0 Å². The van der Waals surface area contributed by atoms with Crippen LogP contribution in [0.5, 0.6) is 5.75 Å². The van der Waals surface area contributed by atoms with E-state index in [2.05, 4.69) is 0 Å². The summed E-state index contributed by atoms with van der Waals surface area (Å²) in [4.78, 5) is 11.2. The monoisotopic (exact) mass is 258 g/mol. The lowest BCUT2D eigenvalue weighted by Crippen LogP contribution is -2.21. The molecule has 0 amide bonds. The standard InChI is InChI=1S/C12H12ClFO3/c1-2-17-8-4-3-7(14)9(10(8)13)12(5-6-12)11(15)16/h3-4H,2,5-6H2,1H3,(H,15,16). The number of hydrogen-bond acceptors (Lipinski definition) is 2. The van der Waals surface area contributed by atoms with Gasteiger partial charge >= 0.3 is 5.97 Å². The smallest absolute Gasteiger partial charge is 0.314 e. The zero-order valence-electron chi connectivity index (χ0n) is 9.30. The highest BCUT2D eigenvalue weighted by atomic mass is 35.5. The topological polar surface area (TPSA) is 46.5 Å². The van der Waals surface area contributed by atoms with Crippen molar-refractivity contribution in [3.05, 3.63) is 28.5 Å². The molecular formula is C12H12ClFO3. The highest BCUT2D eigenvalue weighted by molar-refractivity contribution is 6.33. The molecule has 1 saturated carbocycles. The molecule has 0 saturated heterocycles. The van der Waals surface area contributed by atoms with E-state index in [1.165, 1.54) is 12.1 Å². The lowest BCUT2D eigenvalue weighted by atomic mass is 9.95. The first-order valence-corrected chi connectivity index (χ1v) is 5.75. The van der Waals surface area contributed by atoms with Crippen LogP contribution in [0.4, 0.5) is 4.39 Å². The van der Waals surface area contributed by atoms with E-state index in [0.29, 0.717) is 25.2 Å². The Morgan fingerprint density at radius 2 is 2.24 bits per heavy atom. The van der Waals surface area contributed by atoms with Gasteiger partial charge in [0.15, 0.2) is 0 Å². The molecule has 1 N–H and O–H groups in total. The zero-order valence-corrected chi connectivity index (χ0v) is 10.1. The Labute approximate surface area is 103 Å². The highest BCUT2D eigenvalue weighted by Gasteiger charge is 2.54. The van der Waals surface area contributed by atoms with Gasteiger partial charge in [-0.2, -0.15) is 0 Å². The number of aliphatic carboxylic acids is 1. The van der Waals surface area contributed by atoms with Crippen LogP contribution < -0.4 is 4.74 Å². The minimum absolute atomic E-state index is 0.0533. The van der Waals surface area contributed by atoms with Gasteiger partial charge in [-0.15, -0.1) is 0 Å². The van der Waals surface area contributed by atoms with E-state index in [1.807, 2.05) is 0 Å². The Kier molecular flexibility index (Phi) is 3.00. The number of carboxylic acids is 1. The minimum Gasteiger partial charge on any atom is -0.492 e. The predicted octanol–water partition coefficient (Wildman–Crippen LogP) is 2.99. The maximum atomic E-state index is 13.8. The molecule has 0 bridgehead atoms. The Morgan fingerprint density at radius 3 is 2.71 bits per heavy atom. The normalized spacial score (nSPS) is 16.6.